The first kappa shape index (κ1) is 13.4. The van der Waals surface area contributed by atoms with Crippen molar-refractivity contribution in [1.82, 2.24) is 5.32 Å². The average molecular weight is 264 g/mol. The highest BCUT2D eigenvalue weighted by Gasteiger charge is 2.48. The molecule has 0 spiro atoms. The maximum atomic E-state index is 12.3. The second kappa shape index (κ2) is 5.08. The van der Waals surface area contributed by atoms with Gasteiger partial charge in [0.15, 0.2) is 0 Å². The van der Waals surface area contributed by atoms with Gasteiger partial charge in [-0.25, -0.2) is 0 Å². The first-order valence-electron chi connectivity index (χ1n) is 8.14. The molecular weight excluding hydrogens is 236 g/mol. The summed E-state index contributed by atoms with van der Waals surface area (Å²) in [4.78, 5) is 12.3. The van der Waals surface area contributed by atoms with Crippen LogP contribution in [0.15, 0.2) is 0 Å². The minimum atomic E-state index is -0.331. The third-order valence-electron chi connectivity index (χ3n) is 6.10. The Hall–Kier alpha value is -0.570. The van der Waals surface area contributed by atoms with Gasteiger partial charge in [-0.2, -0.15) is 0 Å². The van der Waals surface area contributed by atoms with E-state index in [1.807, 2.05) is 0 Å². The van der Waals surface area contributed by atoms with Crippen LogP contribution in [0, 0.1) is 29.6 Å². The molecule has 0 aliphatic heterocycles. The summed E-state index contributed by atoms with van der Waals surface area (Å²) in [6, 6.07) is 0.0950. The van der Waals surface area contributed by atoms with Crippen LogP contribution >= 0.6 is 0 Å². The third kappa shape index (κ3) is 2.42. The van der Waals surface area contributed by atoms with E-state index in [-0.39, 0.29) is 17.9 Å². The number of carbonyl (C=O) groups is 1. The number of nitrogens with two attached hydrogens (primary N) is 1. The average Bonchev–Trinajstić information content (AvgIpc) is 2.40. The van der Waals surface area contributed by atoms with Crippen LogP contribution < -0.4 is 11.1 Å². The van der Waals surface area contributed by atoms with Crippen LogP contribution in [0.1, 0.15) is 52.4 Å². The maximum absolute atomic E-state index is 12.3. The van der Waals surface area contributed by atoms with E-state index < -0.39 is 0 Å². The number of hydrogen-bond acceptors (Lipinski definition) is 2. The number of carbonyl (C=O) groups excluding carboxylic acids is 1. The molecule has 0 aromatic carbocycles. The fraction of sp³-hybridized carbons (Fsp3) is 0.938. The van der Waals surface area contributed by atoms with Crippen LogP contribution in [-0.4, -0.2) is 18.0 Å². The Balaban J connectivity index is 1.62. The summed E-state index contributed by atoms with van der Waals surface area (Å²) in [5, 5.41) is 3.31. The molecule has 0 radical (unpaired) electrons. The van der Waals surface area contributed by atoms with Crippen molar-refractivity contribution < 1.29 is 4.79 Å². The topological polar surface area (TPSA) is 55.1 Å². The molecule has 0 saturated heterocycles. The van der Waals surface area contributed by atoms with E-state index in [1.54, 1.807) is 0 Å². The molecule has 2 atom stereocenters. The quantitative estimate of drug-likeness (QED) is 0.818. The van der Waals surface area contributed by atoms with Crippen LogP contribution in [0.25, 0.3) is 0 Å². The summed E-state index contributed by atoms with van der Waals surface area (Å²) in [6.07, 6.45) is 7.80. The van der Waals surface area contributed by atoms with Crippen LogP contribution in [0.5, 0.6) is 0 Å². The number of rotatable bonds is 4. The lowest BCUT2D eigenvalue weighted by Crippen LogP contribution is -2.58. The van der Waals surface area contributed by atoms with Gasteiger partial charge in [-0.05, 0) is 61.7 Å². The molecule has 0 heterocycles. The largest absolute Gasteiger partial charge is 0.351 e. The molecule has 4 bridgehead atoms. The van der Waals surface area contributed by atoms with E-state index in [0.717, 1.165) is 30.1 Å². The molecule has 0 aromatic heterocycles. The molecule has 3 heteroatoms. The Morgan fingerprint density at radius 3 is 2.16 bits per heavy atom. The Morgan fingerprint density at radius 2 is 1.68 bits per heavy atom. The summed E-state index contributed by atoms with van der Waals surface area (Å²) in [6.45, 7) is 4.17. The summed E-state index contributed by atoms with van der Waals surface area (Å²) >= 11 is 0. The van der Waals surface area contributed by atoms with Gasteiger partial charge >= 0.3 is 0 Å². The predicted octanol–water partition coefficient (Wildman–Crippen LogP) is 2.30. The van der Waals surface area contributed by atoms with Gasteiger partial charge in [0.25, 0.3) is 0 Å². The second-order valence-electron chi connectivity index (χ2n) is 7.38. The SMILES string of the molecule is CCC(C)C(N)C(=O)NC1C2CC3CC(C2)CC1C3. The lowest BCUT2D eigenvalue weighted by atomic mass is 9.54. The van der Waals surface area contributed by atoms with Crippen molar-refractivity contribution in [2.45, 2.75) is 64.5 Å². The van der Waals surface area contributed by atoms with Crippen LogP contribution in [0.3, 0.4) is 0 Å². The van der Waals surface area contributed by atoms with Gasteiger partial charge < -0.3 is 11.1 Å². The number of amides is 1. The number of hydrogen-bond donors (Lipinski definition) is 2. The zero-order valence-corrected chi connectivity index (χ0v) is 12.3. The highest BCUT2D eigenvalue weighted by Crippen LogP contribution is 2.53. The molecule has 4 aliphatic rings. The molecule has 3 nitrogen and oxygen atoms in total. The van der Waals surface area contributed by atoms with Gasteiger partial charge in [0.1, 0.15) is 0 Å². The molecule has 1 amide bonds. The fourth-order valence-electron chi connectivity index (χ4n) is 4.93. The first-order chi connectivity index (χ1) is 9.08. The highest BCUT2D eigenvalue weighted by atomic mass is 16.2. The molecule has 19 heavy (non-hydrogen) atoms. The lowest BCUT2D eigenvalue weighted by Gasteiger charge is -2.54. The molecule has 0 aromatic rings. The van der Waals surface area contributed by atoms with E-state index in [4.69, 9.17) is 5.73 Å². The van der Waals surface area contributed by atoms with Crippen LogP contribution in [0.4, 0.5) is 0 Å². The van der Waals surface area contributed by atoms with E-state index >= 15 is 0 Å². The standard InChI is InChI=1S/C16H28N2O/c1-3-9(2)14(17)16(19)18-15-12-5-10-4-11(7-12)8-13(15)6-10/h9-15H,3-8,17H2,1-2H3,(H,18,19). The molecule has 4 rings (SSSR count). The van der Waals surface area contributed by atoms with Gasteiger partial charge in [0.2, 0.25) is 5.91 Å². The van der Waals surface area contributed by atoms with Crippen molar-refractivity contribution in [2.75, 3.05) is 0 Å². The van der Waals surface area contributed by atoms with Gasteiger partial charge in [-0.1, -0.05) is 20.3 Å². The highest BCUT2D eigenvalue weighted by molar-refractivity contribution is 5.82. The minimum Gasteiger partial charge on any atom is -0.351 e. The summed E-state index contributed by atoms with van der Waals surface area (Å²) in [7, 11) is 0. The van der Waals surface area contributed by atoms with Gasteiger partial charge in [0.05, 0.1) is 6.04 Å². The Kier molecular flexibility index (Phi) is 3.59. The Labute approximate surface area is 116 Å². The molecule has 108 valence electrons. The summed E-state index contributed by atoms with van der Waals surface area (Å²) < 4.78 is 0. The van der Waals surface area contributed by atoms with Crippen molar-refractivity contribution in [3.05, 3.63) is 0 Å². The van der Waals surface area contributed by atoms with E-state index in [0.29, 0.717) is 6.04 Å². The molecule has 4 saturated carbocycles. The van der Waals surface area contributed by atoms with Crippen molar-refractivity contribution in [3.63, 3.8) is 0 Å². The molecule has 4 aliphatic carbocycles. The van der Waals surface area contributed by atoms with Crippen LogP contribution in [-0.2, 0) is 4.79 Å². The van der Waals surface area contributed by atoms with Gasteiger partial charge in [-0.3, -0.25) is 4.79 Å². The molecule has 3 N–H and O–H groups in total. The van der Waals surface area contributed by atoms with Gasteiger partial charge in [0, 0.05) is 6.04 Å². The summed E-state index contributed by atoms with van der Waals surface area (Å²) in [5.74, 6) is 3.76. The smallest absolute Gasteiger partial charge is 0.237 e. The third-order valence-corrected chi connectivity index (χ3v) is 6.10. The van der Waals surface area contributed by atoms with E-state index in [9.17, 15) is 4.79 Å². The first-order valence-corrected chi connectivity index (χ1v) is 8.14. The van der Waals surface area contributed by atoms with Crippen molar-refractivity contribution in [3.8, 4) is 0 Å². The van der Waals surface area contributed by atoms with Crippen molar-refractivity contribution >= 4 is 5.91 Å². The fourth-order valence-corrected chi connectivity index (χ4v) is 4.93. The van der Waals surface area contributed by atoms with Crippen molar-refractivity contribution in [1.29, 1.82) is 0 Å². The molecule has 4 fully saturated rings. The maximum Gasteiger partial charge on any atom is 0.237 e. The van der Waals surface area contributed by atoms with E-state index in [1.165, 1.54) is 32.1 Å². The monoisotopic (exact) mass is 264 g/mol. The Morgan fingerprint density at radius 1 is 1.16 bits per heavy atom. The number of nitrogens with one attached hydrogen (secondary N) is 1. The zero-order valence-electron chi connectivity index (χ0n) is 12.3. The normalized spacial score (nSPS) is 43.0. The summed E-state index contributed by atoms with van der Waals surface area (Å²) in [5.41, 5.74) is 6.06. The lowest BCUT2D eigenvalue weighted by molar-refractivity contribution is -0.127. The minimum absolute atomic E-state index is 0.0897. The van der Waals surface area contributed by atoms with E-state index in [2.05, 4.69) is 19.2 Å². The molecular formula is C16H28N2O. The zero-order chi connectivity index (χ0) is 13.6. The molecule has 2 unspecified atom stereocenters. The van der Waals surface area contributed by atoms with Crippen molar-refractivity contribution in [2.24, 2.45) is 35.3 Å². The predicted molar refractivity (Wildman–Crippen MR) is 76.4 cm³/mol. The van der Waals surface area contributed by atoms with Crippen LogP contribution in [0.2, 0.25) is 0 Å². The second-order valence-corrected chi connectivity index (χ2v) is 7.38. The Bertz CT molecular complexity index is 327. The van der Waals surface area contributed by atoms with Gasteiger partial charge in [-0.15, -0.1) is 0 Å².